The van der Waals surface area contributed by atoms with Crippen LogP contribution in [0.4, 0.5) is 19.0 Å². The van der Waals surface area contributed by atoms with Crippen molar-refractivity contribution in [2.24, 2.45) is 5.41 Å². The number of carbonyl (C=O) groups is 1. The molecule has 1 unspecified atom stereocenters. The number of halogens is 3. The molecule has 4 heterocycles. The minimum atomic E-state index is -2.79. The molecule has 0 N–H and O–H groups in total. The van der Waals surface area contributed by atoms with Crippen molar-refractivity contribution >= 4 is 11.7 Å². The molecule has 1 saturated carbocycles. The van der Waals surface area contributed by atoms with E-state index in [0.29, 0.717) is 38.3 Å². The Balaban J connectivity index is 1.02. The Morgan fingerprint density at radius 1 is 1.06 bits per heavy atom. The zero-order valence-electron chi connectivity index (χ0n) is 30.8. The van der Waals surface area contributed by atoms with E-state index in [1.165, 1.54) is 30.1 Å². The standard InChI is InChI=1S/C40H46F3N7O4/c1-4-50(26(2)3)38(51)30-19-28(41)12-13-33(30)54-37-36(45-25-46-47-37)49-23-40(24-49)20-29(21-40)53-34-14-16-44-31-15-17-48(22-27-9-6-5-7-10-27)32(35(31)34)11-8-18-52-39(42)43/h5-7,9-10,12-14,16,19,25-26,29,32,39H,4,8,11,15,17-18,20-24H2,1-3H3. The fourth-order valence-corrected chi connectivity index (χ4v) is 8.17. The van der Waals surface area contributed by atoms with Crippen LogP contribution in [-0.4, -0.2) is 87.4 Å². The van der Waals surface area contributed by atoms with Crippen molar-refractivity contribution in [3.8, 4) is 17.4 Å². The maximum absolute atomic E-state index is 14.4. The van der Waals surface area contributed by atoms with E-state index in [9.17, 15) is 18.0 Å². The van der Waals surface area contributed by atoms with Crippen molar-refractivity contribution in [3.05, 3.63) is 95.3 Å². The Hall–Kier alpha value is -4.82. The molecule has 54 heavy (non-hydrogen) atoms. The lowest BCUT2D eigenvalue weighted by atomic mass is 9.61. The average molecular weight is 746 g/mol. The quantitative estimate of drug-likeness (QED) is 0.116. The van der Waals surface area contributed by atoms with Crippen LogP contribution in [0.25, 0.3) is 0 Å². The summed E-state index contributed by atoms with van der Waals surface area (Å²) in [5.74, 6) is 0.740. The van der Waals surface area contributed by atoms with Crippen molar-refractivity contribution in [2.45, 2.75) is 84.2 Å². The van der Waals surface area contributed by atoms with Crippen LogP contribution in [0.1, 0.15) is 79.7 Å². The summed E-state index contributed by atoms with van der Waals surface area (Å²) in [6, 6.07) is 15.9. The number of ether oxygens (including phenoxy) is 3. The third kappa shape index (κ3) is 8.14. The molecule has 1 spiro atoms. The SMILES string of the molecule is CCN(C(=O)c1cc(F)ccc1Oc1nncnc1N1CC2(CC(Oc3ccnc4c3C(CCCOC(F)F)N(Cc3ccccc3)CC4)C2)C1)C(C)C. The van der Waals surface area contributed by atoms with Crippen molar-refractivity contribution in [1.29, 1.82) is 0 Å². The summed E-state index contributed by atoms with van der Waals surface area (Å²) in [4.78, 5) is 28.7. The molecule has 2 aliphatic heterocycles. The minimum Gasteiger partial charge on any atom is -0.490 e. The first-order chi connectivity index (χ1) is 26.1. The second-order valence-electron chi connectivity index (χ2n) is 14.7. The van der Waals surface area contributed by atoms with Crippen LogP contribution in [0.5, 0.6) is 17.4 Å². The third-order valence-electron chi connectivity index (χ3n) is 10.7. The fourth-order valence-electron chi connectivity index (χ4n) is 8.17. The summed E-state index contributed by atoms with van der Waals surface area (Å²) in [5.41, 5.74) is 3.34. The van der Waals surface area contributed by atoms with Gasteiger partial charge in [0.1, 0.15) is 29.7 Å². The zero-order chi connectivity index (χ0) is 37.8. The molecule has 1 saturated heterocycles. The number of nitrogens with zero attached hydrogens (tertiary/aromatic N) is 7. The van der Waals surface area contributed by atoms with Gasteiger partial charge in [-0.25, -0.2) is 9.37 Å². The Morgan fingerprint density at radius 2 is 1.85 bits per heavy atom. The molecular formula is C40H46F3N7O4. The topological polar surface area (TPSA) is 106 Å². The van der Waals surface area contributed by atoms with E-state index in [1.54, 1.807) is 11.1 Å². The summed E-state index contributed by atoms with van der Waals surface area (Å²) in [6.07, 6.45) is 6.73. The van der Waals surface area contributed by atoms with E-state index in [2.05, 4.69) is 41.9 Å². The zero-order valence-corrected chi connectivity index (χ0v) is 30.8. The number of aromatic nitrogens is 4. The highest BCUT2D eigenvalue weighted by Gasteiger charge is 2.54. The van der Waals surface area contributed by atoms with Crippen LogP contribution >= 0.6 is 0 Å². The number of pyridine rings is 1. The first kappa shape index (κ1) is 37.5. The highest BCUT2D eigenvalue weighted by molar-refractivity contribution is 5.97. The molecule has 2 fully saturated rings. The largest absolute Gasteiger partial charge is 0.490 e. The molecule has 14 heteroatoms. The van der Waals surface area contributed by atoms with Crippen molar-refractivity contribution in [2.75, 3.05) is 37.7 Å². The molecule has 7 rings (SSSR count). The van der Waals surface area contributed by atoms with Gasteiger partial charge in [-0.15, -0.1) is 10.2 Å². The van der Waals surface area contributed by atoms with Crippen molar-refractivity contribution in [1.82, 2.24) is 30.0 Å². The predicted molar refractivity (Wildman–Crippen MR) is 195 cm³/mol. The molecule has 4 aromatic rings. The lowest BCUT2D eigenvalue weighted by Gasteiger charge is -2.58. The van der Waals surface area contributed by atoms with Crippen LogP contribution in [0.2, 0.25) is 0 Å². The van der Waals surface area contributed by atoms with E-state index < -0.39 is 12.4 Å². The van der Waals surface area contributed by atoms with E-state index in [1.807, 2.05) is 45.0 Å². The number of amides is 1. The van der Waals surface area contributed by atoms with E-state index >= 15 is 0 Å². The Morgan fingerprint density at radius 3 is 2.59 bits per heavy atom. The second-order valence-corrected chi connectivity index (χ2v) is 14.7. The molecule has 2 aromatic heterocycles. The Labute approximate surface area is 313 Å². The molecule has 1 atom stereocenters. The Bertz CT molecular complexity index is 1910. The molecule has 2 aromatic carbocycles. The van der Waals surface area contributed by atoms with Gasteiger partial charge in [-0.3, -0.25) is 14.7 Å². The molecule has 286 valence electrons. The first-order valence-electron chi connectivity index (χ1n) is 18.7. The van der Waals surface area contributed by atoms with Crippen molar-refractivity contribution in [3.63, 3.8) is 0 Å². The van der Waals surface area contributed by atoms with Crippen LogP contribution in [0.15, 0.2) is 67.1 Å². The molecule has 0 radical (unpaired) electrons. The number of carbonyl (C=O) groups excluding carboxylic acids is 1. The number of hydrogen-bond acceptors (Lipinski definition) is 10. The van der Waals surface area contributed by atoms with Gasteiger partial charge in [-0.1, -0.05) is 30.3 Å². The number of alkyl halides is 2. The molecule has 1 aliphatic carbocycles. The summed E-state index contributed by atoms with van der Waals surface area (Å²) in [5, 5.41) is 8.14. The number of rotatable bonds is 15. The highest BCUT2D eigenvalue weighted by atomic mass is 19.3. The number of fused-ring (bicyclic) bond motifs is 1. The van der Waals surface area contributed by atoms with Gasteiger partial charge in [-0.05, 0) is 76.3 Å². The molecule has 0 bridgehead atoms. The smallest absolute Gasteiger partial charge is 0.345 e. The van der Waals surface area contributed by atoms with Gasteiger partial charge in [0, 0.05) is 68.4 Å². The number of benzene rings is 2. The summed E-state index contributed by atoms with van der Waals surface area (Å²) in [7, 11) is 0. The minimum absolute atomic E-state index is 0.000431. The molecule has 1 amide bonds. The van der Waals surface area contributed by atoms with Crippen LogP contribution < -0.4 is 14.4 Å². The van der Waals surface area contributed by atoms with Crippen LogP contribution in [-0.2, 0) is 17.7 Å². The maximum atomic E-state index is 14.4. The van der Waals surface area contributed by atoms with Gasteiger partial charge < -0.3 is 24.0 Å². The van der Waals surface area contributed by atoms with Gasteiger partial charge in [0.2, 0.25) is 0 Å². The monoisotopic (exact) mass is 745 g/mol. The molecule has 11 nitrogen and oxygen atoms in total. The predicted octanol–water partition coefficient (Wildman–Crippen LogP) is 7.24. The number of hydrogen-bond donors (Lipinski definition) is 0. The summed E-state index contributed by atoms with van der Waals surface area (Å²) >= 11 is 0. The summed E-state index contributed by atoms with van der Waals surface area (Å²) < 4.78 is 57.4. The molecular weight excluding hydrogens is 699 g/mol. The average Bonchev–Trinajstić information content (AvgIpc) is 3.12. The van der Waals surface area contributed by atoms with Gasteiger partial charge in [0.05, 0.1) is 17.9 Å². The normalized spacial score (nSPS) is 18.0. The van der Waals surface area contributed by atoms with Gasteiger partial charge in [-0.2, -0.15) is 8.78 Å². The number of anilines is 1. The lowest BCUT2D eigenvalue weighted by Crippen LogP contribution is -2.65. The lowest BCUT2D eigenvalue weighted by molar-refractivity contribution is -0.130. The molecule has 3 aliphatic rings. The van der Waals surface area contributed by atoms with E-state index in [-0.39, 0.29) is 53.3 Å². The van der Waals surface area contributed by atoms with Crippen molar-refractivity contribution < 1.29 is 32.2 Å². The fraction of sp³-hybridized carbons (Fsp3) is 0.475. The first-order valence-corrected chi connectivity index (χ1v) is 18.7. The van der Waals surface area contributed by atoms with Gasteiger partial charge in [0.15, 0.2) is 5.82 Å². The highest BCUT2D eigenvalue weighted by Crippen LogP contribution is 2.52. The van der Waals surface area contributed by atoms with Gasteiger partial charge in [0.25, 0.3) is 11.8 Å². The van der Waals surface area contributed by atoms with Crippen LogP contribution in [0.3, 0.4) is 0 Å². The maximum Gasteiger partial charge on any atom is 0.345 e. The van der Waals surface area contributed by atoms with Crippen LogP contribution in [0, 0.1) is 11.2 Å². The van der Waals surface area contributed by atoms with E-state index in [4.69, 9.17) is 14.5 Å². The Kier molecular flexibility index (Phi) is 11.3. The van der Waals surface area contributed by atoms with Gasteiger partial charge >= 0.3 is 6.61 Å². The summed E-state index contributed by atoms with van der Waals surface area (Å²) in [6.45, 7) is 6.29. The van der Waals surface area contributed by atoms with E-state index in [0.717, 1.165) is 49.4 Å². The third-order valence-corrected chi connectivity index (χ3v) is 10.7. The second kappa shape index (κ2) is 16.3.